The molecule has 2 aromatic heterocycles. The SMILES string of the molecule is c1ccc(-c2noc3ccsc23)c(OCC2CO2)c1. The molecule has 1 atom stereocenters. The van der Waals surface area contributed by atoms with E-state index in [1.807, 2.05) is 35.7 Å². The van der Waals surface area contributed by atoms with Crippen LogP contribution in [0.4, 0.5) is 0 Å². The summed E-state index contributed by atoms with van der Waals surface area (Å²) in [7, 11) is 0. The van der Waals surface area contributed by atoms with Crippen molar-refractivity contribution in [2.75, 3.05) is 13.2 Å². The third kappa shape index (κ3) is 2.01. The smallest absolute Gasteiger partial charge is 0.178 e. The zero-order valence-electron chi connectivity index (χ0n) is 10.0. The maximum absolute atomic E-state index is 5.81. The molecule has 1 aromatic carbocycles. The van der Waals surface area contributed by atoms with Crippen LogP contribution >= 0.6 is 11.3 Å². The molecule has 1 fully saturated rings. The predicted molar refractivity (Wildman–Crippen MR) is 72.6 cm³/mol. The lowest BCUT2D eigenvalue weighted by atomic mass is 10.1. The van der Waals surface area contributed by atoms with Gasteiger partial charge in [0.25, 0.3) is 0 Å². The van der Waals surface area contributed by atoms with Gasteiger partial charge < -0.3 is 14.0 Å². The molecule has 3 aromatic rings. The Morgan fingerprint density at radius 2 is 2.21 bits per heavy atom. The molecule has 96 valence electrons. The summed E-state index contributed by atoms with van der Waals surface area (Å²) in [6.07, 6.45) is 0.243. The molecule has 0 spiro atoms. The van der Waals surface area contributed by atoms with E-state index >= 15 is 0 Å². The number of thiophene rings is 1. The largest absolute Gasteiger partial charge is 0.490 e. The van der Waals surface area contributed by atoms with Crippen molar-refractivity contribution >= 4 is 21.6 Å². The Hall–Kier alpha value is -1.85. The molecule has 1 saturated heterocycles. The van der Waals surface area contributed by atoms with Gasteiger partial charge in [-0.2, -0.15) is 0 Å². The standard InChI is InChI=1S/C14H11NO3S/c1-2-4-11(17-8-9-7-16-9)10(3-1)13-14-12(18-15-13)5-6-19-14/h1-6,9H,7-8H2. The van der Waals surface area contributed by atoms with Gasteiger partial charge in [-0.05, 0) is 23.6 Å². The van der Waals surface area contributed by atoms with Gasteiger partial charge in [-0.15, -0.1) is 11.3 Å². The molecule has 1 unspecified atom stereocenters. The van der Waals surface area contributed by atoms with E-state index in [1.54, 1.807) is 11.3 Å². The van der Waals surface area contributed by atoms with Gasteiger partial charge >= 0.3 is 0 Å². The first-order valence-electron chi connectivity index (χ1n) is 6.08. The van der Waals surface area contributed by atoms with Crippen LogP contribution in [-0.2, 0) is 4.74 Å². The van der Waals surface area contributed by atoms with Crippen LogP contribution < -0.4 is 4.74 Å². The fourth-order valence-corrected chi connectivity index (χ4v) is 2.79. The van der Waals surface area contributed by atoms with Gasteiger partial charge in [0, 0.05) is 5.56 Å². The molecule has 0 radical (unpaired) electrons. The van der Waals surface area contributed by atoms with Gasteiger partial charge in [0.1, 0.15) is 28.9 Å². The van der Waals surface area contributed by atoms with Gasteiger partial charge in [-0.3, -0.25) is 0 Å². The normalized spacial score (nSPS) is 17.8. The summed E-state index contributed by atoms with van der Waals surface area (Å²) in [6, 6.07) is 9.81. The zero-order valence-corrected chi connectivity index (χ0v) is 10.9. The highest BCUT2D eigenvalue weighted by Gasteiger charge is 2.24. The van der Waals surface area contributed by atoms with Crippen molar-refractivity contribution in [3.05, 3.63) is 35.7 Å². The topological polar surface area (TPSA) is 47.8 Å². The van der Waals surface area contributed by atoms with Crippen molar-refractivity contribution in [3.63, 3.8) is 0 Å². The summed E-state index contributed by atoms with van der Waals surface area (Å²) in [5.41, 5.74) is 2.63. The Morgan fingerprint density at radius 1 is 1.32 bits per heavy atom. The number of hydrogen-bond donors (Lipinski definition) is 0. The molecule has 4 rings (SSSR count). The molecule has 0 N–H and O–H groups in total. The van der Waals surface area contributed by atoms with Crippen LogP contribution in [0.3, 0.4) is 0 Å². The van der Waals surface area contributed by atoms with Gasteiger partial charge in [-0.25, -0.2) is 0 Å². The third-order valence-corrected chi connectivity index (χ3v) is 3.95. The summed E-state index contributed by atoms with van der Waals surface area (Å²) >= 11 is 1.62. The molecule has 19 heavy (non-hydrogen) atoms. The Balaban J connectivity index is 1.75. The van der Waals surface area contributed by atoms with Crippen LogP contribution in [0.1, 0.15) is 0 Å². The molecule has 0 amide bonds. The van der Waals surface area contributed by atoms with Gasteiger partial charge in [-0.1, -0.05) is 17.3 Å². The van der Waals surface area contributed by atoms with Crippen molar-refractivity contribution in [2.24, 2.45) is 0 Å². The van der Waals surface area contributed by atoms with E-state index < -0.39 is 0 Å². The van der Waals surface area contributed by atoms with Crippen molar-refractivity contribution in [1.29, 1.82) is 0 Å². The monoisotopic (exact) mass is 273 g/mol. The quantitative estimate of drug-likeness (QED) is 0.684. The van der Waals surface area contributed by atoms with Crippen molar-refractivity contribution in [3.8, 4) is 17.0 Å². The van der Waals surface area contributed by atoms with Crippen molar-refractivity contribution in [1.82, 2.24) is 5.16 Å². The highest BCUT2D eigenvalue weighted by molar-refractivity contribution is 7.17. The second-order valence-electron chi connectivity index (χ2n) is 4.41. The minimum Gasteiger partial charge on any atom is -0.490 e. The first kappa shape index (κ1) is 11.0. The van der Waals surface area contributed by atoms with Crippen molar-refractivity contribution in [2.45, 2.75) is 6.10 Å². The highest BCUT2D eigenvalue weighted by Crippen LogP contribution is 2.36. The molecule has 4 nitrogen and oxygen atoms in total. The lowest BCUT2D eigenvalue weighted by Crippen LogP contribution is -2.04. The molecule has 5 heteroatoms. The van der Waals surface area contributed by atoms with Crippen molar-refractivity contribution < 1.29 is 14.0 Å². The lowest BCUT2D eigenvalue weighted by Gasteiger charge is -2.08. The zero-order chi connectivity index (χ0) is 12.7. The van der Waals surface area contributed by atoms with E-state index in [1.165, 1.54) is 0 Å². The molecule has 0 bridgehead atoms. The van der Waals surface area contributed by atoms with E-state index in [2.05, 4.69) is 5.16 Å². The second-order valence-corrected chi connectivity index (χ2v) is 5.32. The van der Waals surface area contributed by atoms with Crippen LogP contribution in [0.15, 0.2) is 40.2 Å². The summed E-state index contributed by atoms with van der Waals surface area (Å²) in [5, 5.41) is 6.15. The fraction of sp³-hybridized carbons (Fsp3) is 0.214. The van der Waals surface area contributed by atoms with E-state index in [0.717, 1.165) is 33.9 Å². The van der Waals surface area contributed by atoms with Crippen LogP contribution in [0.2, 0.25) is 0 Å². The Bertz CT molecular complexity index is 714. The maximum Gasteiger partial charge on any atom is 0.178 e. The molecular weight excluding hydrogens is 262 g/mol. The first-order chi connectivity index (χ1) is 9.42. The van der Waals surface area contributed by atoms with Crippen LogP contribution in [0.5, 0.6) is 5.75 Å². The highest BCUT2D eigenvalue weighted by atomic mass is 32.1. The minimum absolute atomic E-state index is 0.243. The molecular formula is C14H11NO3S. The predicted octanol–water partition coefficient (Wildman–Crippen LogP) is 3.33. The van der Waals surface area contributed by atoms with Gasteiger partial charge in [0.05, 0.1) is 6.61 Å². The number of hydrogen-bond acceptors (Lipinski definition) is 5. The molecule has 0 saturated carbocycles. The average molecular weight is 273 g/mol. The number of para-hydroxylation sites is 1. The summed E-state index contributed by atoms with van der Waals surface area (Å²) in [5.74, 6) is 0.821. The summed E-state index contributed by atoms with van der Waals surface area (Å²) in [4.78, 5) is 0. The summed E-state index contributed by atoms with van der Waals surface area (Å²) in [6.45, 7) is 1.38. The molecule has 1 aliphatic rings. The number of rotatable bonds is 4. The Morgan fingerprint density at radius 3 is 3.11 bits per heavy atom. The van der Waals surface area contributed by atoms with Crippen LogP contribution in [-0.4, -0.2) is 24.5 Å². The van der Waals surface area contributed by atoms with E-state index in [-0.39, 0.29) is 6.10 Å². The lowest BCUT2D eigenvalue weighted by molar-refractivity contribution is 0.264. The second kappa shape index (κ2) is 4.36. The van der Waals surface area contributed by atoms with Gasteiger partial charge in [0.15, 0.2) is 5.58 Å². The maximum atomic E-state index is 5.81. The fourth-order valence-electron chi connectivity index (χ4n) is 1.98. The Labute approximate surface area is 113 Å². The summed E-state index contributed by atoms with van der Waals surface area (Å²) < 4.78 is 17.3. The van der Waals surface area contributed by atoms with E-state index in [0.29, 0.717) is 6.61 Å². The number of epoxide rings is 1. The number of nitrogens with zero attached hydrogens (tertiary/aromatic N) is 1. The third-order valence-electron chi connectivity index (χ3n) is 3.05. The Kier molecular flexibility index (Phi) is 2.53. The van der Waals surface area contributed by atoms with E-state index in [4.69, 9.17) is 14.0 Å². The number of aromatic nitrogens is 1. The average Bonchev–Trinajstić information content (AvgIpc) is 3.00. The first-order valence-corrected chi connectivity index (χ1v) is 6.96. The van der Waals surface area contributed by atoms with E-state index in [9.17, 15) is 0 Å². The number of fused-ring (bicyclic) bond motifs is 1. The number of benzene rings is 1. The van der Waals surface area contributed by atoms with Crippen LogP contribution in [0, 0.1) is 0 Å². The minimum atomic E-state index is 0.243. The molecule has 3 heterocycles. The van der Waals surface area contributed by atoms with Crippen LogP contribution in [0.25, 0.3) is 21.5 Å². The molecule has 0 aliphatic carbocycles. The van der Waals surface area contributed by atoms with Gasteiger partial charge in [0.2, 0.25) is 0 Å². The molecule has 1 aliphatic heterocycles. The number of ether oxygens (including phenoxy) is 2.